The van der Waals surface area contributed by atoms with Gasteiger partial charge in [0, 0.05) is 15.7 Å². The van der Waals surface area contributed by atoms with Gasteiger partial charge in [-0.25, -0.2) is 0 Å². The molecule has 0 aromatic carbocycles. The largest absolute Gasteiger partial charge is 0.375 e. The fraction of sp³-hybridized carbons (Fsp3) is 0.667. The number of hydrogen-bond acceptors (Lipinski definition) is 2. The maximum absolute atomic E-state index is 6.55. The van der Waals surface area contributed by atoms with Crippen LogP contribution in [0.2, 0.25) is 0 Å². The van der Waals surface area contributed by atoms with Gasteiger partial charge in [0.2, 0.25) is 0 Å². The molecule has 1 aromatic heterocycles. The predicted molar refractivity (Wildman–Crippen MR) is 63.7 cm³/mol. The second-order valence-corrected chi connectivity index (χ2v) is 6.41. The molecule has 1 nitrogen and oxygen atoms in total. The van der Waals surface area contributed by atoms with Crippen LogP contribution in [0.1, 0.15) is 34.4 Å². The summed E-state index contributed by atoms with van der Waals surface area (Å²) in [6.07, 6.45) is 4.55. The molecule has 3 heterocycles. The van der Waals surface area contributed by atoms with Crippen LogP contribution < -0.4 is 0 Å². The number of aryl methyl sites for hydroxylation is 1. The van der Waals surface area contributed by atoms with E-state index in [9.17, 15) is 0 Å². The molecule has 2 bridgehead atoms. The van der Waals surface area contributed by atoms with E-state index in [0.29, 0.717) is 18.1 Å². The van der Waals surface area contributed by atoms with Gasteiger partial charge < -0.3 is 4.74 Å². The van der Waals surface area contributed by atoms with Crippen molar-refractivity contribution in [2.24, 2.45) is 5.92 Å². The number of fused-ring (bicyclic) bond motifs is 2. The van der Waals surface area contributed by atoms with Gasteiger partial charge in [0.15, 0.2) is 0 Å². The number of hydrogen-bond donors (Lipinski definition) is 0. The first-order valence-corrected chi connectivity index (χ1v) is 6.85. The van der Waals surface area contributed by atoms with Crippen molar-refractivity contribution < 1.29 is 4.74 Å². The van der Waals surface area contributed by atoms with Crippen molar-refractivity contribution in [3.8, 4) is 0 Å². The summed E-state index contributed by atoms with van der Waals surface area (Å²) in [5.74, 6) is 0.545. The molecule has 4 atom stereocenters. The number of rotatable bonds is 2. The smallest absolute Gasteiger partial charge is 0.0732 e. The average molecular weight is 243 g/mol. The Morgan fingerprint density at radius 3 is 2.87 bits per heavy atom. The van der Waals surface area contributed by atoms with E-state index < -0.39 is 0 Å². The number of ether oxygens (including phenoxy) is 1. The van der Waals surface area contributed by atoms with Crippen molar-refractivity contribution in [3.05, 3.63) is 21.9 Å². The third-order valence-corrected chi connectivity index (χ3v) is 5.33. The Bertz CT molecular complexity index is 362. The molecule has 2 saturated heterocycles. The third-order valence-electron chi connectivity index (χ3n) is 3.56. The minimum Gasteiger partial charge on any atom is -0.375 e. The summed E-state index contributed by atoms with van der Waals surface area (Å²) in [6.45, 7) is 2.13. The highest BCUT2D eigenvalue weighted by Crippen LogP contribution is 2.48. The van der Waals surface area contributed by atoms with Gasteiger partial charge in [-0.15, -0.1) is 22.9 Å². The number of alkyl halides is 1. The monoisotopic (exact) mass is 242 g/mol. The van der Waals surface area contributed by atoms with Gasteiger partial charge in [-0.1, -0.05) is 0 Å². The molecule has 82 valence electrons. The van der Waals surface area contributed by atoms with E-state index in [1.807, 2.05) is 11.3 Å². The zero-order chi connectivity index (χ0) is 10.4. The van der Waals surface area contributed by atoms with E-state index in [-0.39, 0.29) is 5.38 Å². The SMILES string of the molecule is Cc1ccc(C(Cl)C2CC3CCC2O3)s1. The summed E-state index contributed by atoms with van der Waals surface area (Å²) < 4.78 is 5.85. The van der Waals surface area contributed by atoms with E-state index in [1.54, 1.807) is 0 Å². The van der Waals surface area contributed by atoms with Crippen molar-refractivity contribution >= 4 is 22.9 Å². The van der Waals surface area contributed by atoms with Crippen LogP contribution in [0.15, 0.2) is 12.1 Å². The Labute approximate surface area is 99.4 Å². The second-order valence-electron chi connectivity index (χ2n) is 4.62. The Hall–Kier alpha value is -0.0500. The first kappa shape index (κ1) is 10.1. The van der Waals surface area contributed by atoms with Gasteiger partial charge >= 0.3 is 0 Å². The van der Waals surface area contributed by atoms with E-state index in [1.165, 1.54) is 22.6 Å². The van der Waals surface area contributed by atoms with Gasteiger partial charge in [0.05, 0.1) is 17.6 Å². The highest BCUT2D eigenvalue weighted by atomic mass is 35.5. The molecule has 0 aliphatic carbocycles. The molecule has 3 rings (SSSR count). The maximum atomic E-state index is 6.55. The summed E-state index contributed by atoms with van der Waals surface area (Å²) >= 11 is 8.37. The lowest BCUT2D eigenvalue weighted by Crippen LogP contribution is -2.20. The summed E-state index contributed by atoms with van der Waals surface area (Å²) in [4.78, 5) is 2.66. The van der Waals surface area contributed by atoms with Crippen LogP contribution in [0, 0.1) is 12.8 Å². The Morgan fingerprint density at radius 2 is 2.33 bits per heavy atom. The molecule has 2 fully saturated rings. The van der Waals surface area contributed by atoms with E-state index in [2.05, 4.69) is 19.1 Å². The minimum absolute atomic E-state index is 0.166. The van der Waals surface area contributed by atoms with Crippen LogP contribution in [0.5, 0.6) is 0 Å². The fourth-order valence-corrected chi connectivity index (χ4v) is 4.20. The second kappa shape index (κ2) is 3.76. The number of halogens is 1. The van der Waals surface area contributed by atoms with Gasteiger partial charge in [0.1, 0.15) is 0 Å². The molecule has 1 aromatic rings. The van der Waals surface area contributed by atoms with Crippen LogP contribution in [-0.4, -0.2) is 12.2 Å². The molecular weight excluding hydrogens is 228 g/mol. The first-order valence-electron chi connectivity index (χ1n) is 5.60. The standard InChI is InChI=1S/C12H15ClOS/c1-7-2-5-11(15-7)12(13)9-6-8-3-4-10(9)14-8/h2,5,8-10,12H,3-4,6H2,1H3. The zero-order valence-electron chi connectivity index (χ0n) is 8.78. The Balaban J connectivity index is 1.77. The Kier molecular flexibility index (Phi) is 2.54. The lowest BCUT2D eigenvalue weighted by Gasteiger charge is -2.22. The molecule has 4 unspecified atom stereocenters. The van der Waals surface area contributed by atoms with Gasteiger partial charge in [-0.05, 0) is 38.3 Å². The molecule has 3 heteroatoms. The van der Waals surface area contributed by atoms with E-state index in [4.69, 9.17) is 16.3 Å². The fourth-order valence-electron chi connectivity index (χ4n) is 2.80. The van der Waals surface area contributed by atoms with Crippen molar-refractivity contribution in [1.82, 2.24) is 0 Å². The molecule has 0 amide bonds. The molecule has 15 heavy (non-hydrogen) atoms. The van der Waals surface area contributed by atoms with Gasteiger partial charge in [0.25, 0.3) is 0 Å². The normalized spacial score (nSPS) is 36.0. The van der Waals surface area contributed by atoms with Crippen molar-refractivity contribution in [2.45, 2.75) is 43.8 Å². The number of thiophene rings is 1. The van der Waals surface area contributed by atoms with E-state index >= 15 is 0 Å². The first-order chi connectivity index (χ1) is 7.24. The molecule has 2 aliphatic rings. The highest BCUT2D eigenvalue weighted by Gasteiger charge is 2.44. The highest BCUT2D eigenvalue weighted by molar-refractivity contribution is 7.12. The van der Waals surface area contributed by atoms with Crippen LogP contribution >= 0.6 is 22.9 Å². The Morgan fingerprint density at radius 1 is 1.47 bits per heavy atom. The lowest BCUT2D eigenvalue weighted by molar-refractivity contribution is 0.0920. The maximum Gasteiger partial charge on any atom is 0.0732 e. The van der Waals surface area contributed by atoms with Gasteiger partial charge in [-0.3, -0.25) is 0 Å². The quantitative estimate of drug-likeness (QED) is 0.715. The van der Waals surface area contributed by atoms with Crippen molar-refractivity contribution in [3.63, 3.8) is 0 Å². The molecule has 0 saturated carbocycles. The van der Waals surface area contributed by atoms with Crippen molar-refractivity contribution in [2.75, 3.05) is 0 Å². The van der Waals surface area contributed by atoms with Crippen LogP contribution in [0.25, 0.3) is 0 Å². The molecule has 0 radical (unpaired) electrons. The predicted octanol–water partition coefficient (Wildman–Crippen LogP) is 3.90. The molecular formula is C12H15ClOS. The molecule has 2 aliphatic heterocycles. The van der Waals surface area contributed by atoms with Crippen LogP contribution in [-0.2, 0) is 4.74 Å². The van der Waals surface area contributed by atoms with Crippen LogP contribution in [0.4, 0.5) is 0 Å². The average Bonchev–Trinajstić information content (AvgIpc) is 2.90. The zero-order valence-corrected chi connectivity index (χ0v) is 10.4. The van der Waals surface area contributed by atoms with Crippen LogP contribution in [0.3, 0.4) is 0 Å². The van der Waals surface area contributed by atoms with Gasteiger partial charge in [-0.2, -0.15) is 0 Å². The summed E-state index contributed by atoms with van der Waals surface area (Å²) in [5, 5.41) is 0.166. The topological polar surface area (TPSA) is 9.23 Å². The van der Waals surface area contributed by atoms with Crippen molar-refractivity contribution in [1.29, 1.82) is 0 Å². The summed E-state index contributed by atoms with van der Waals surface area (Å²) in [7, 11) is 0. The molecule has 0 spiro atoms. The minimum atomic E-state index is 0.166. The third kappa shape index (κ3) is 1.73. The summed E-state index contributed by atoms with van der Waals surface area (Å²) in [5.41, 5.74) is 0. The molecule has 0 N–H and O–H groups in total. The lowest BCUT2D eigenvalue weighted by atomic mass is 9.86. The summed E-state index contributed by atoms with van der Waals surface area (Å²) in [6, 6.07) is 4.33. The van der Waals surface area contributed by atoms with E-state index in [0.717, 1.165) is 6.42 Å².